The van der Waals surface area contributed by atoms with E-state index in [1.165, 1.54) is 25.3 Å². The average Bonchev–Trinajstić information content (AvgIpc) is 2.61. The van der Waals surface area contributed by atoms with E-state index in [0.29, 0.717) is 21.7 Å². The van der Waals surface area contributed by atoms with E-state index < -0.39 is 11.3 Å². The van der Waals surface area contributed by atoms with Crippen LogP contribution in [0.25, 0.3) is 22.2 Å². The molecule has 0 radical (unpaired) electrons. The van der Waals surface area contributed by atoms with Crippen LogP contribution in [-0.4, -0.2) is 22.2 Å². The van der Waals surface area contributed by atoms with Crippen molar-refractivity contribution >= 4 is 45.4 Å². The van der Waals surface area contributed by atoms with Gasteiger partial charge in [0.2, 0.25) is 0 Å². The van der Waals surface area contributed by atoms with Crippen molar-refractivity contribution < 1.29 is 9.84 Å². The lowest BCUT2D eigenvalue weighted by Gasteiger charge is -2.08. The van der Waals surface area contributed by atoms with Crippen LogP contribution >= 0.6 is 23.2 Å². The fraction of sp³-hybridized carbons (Fsp3) is 0.0556. The molecule has 0 aliphatic heterocycles. The second kappa shape index (κ2) is 7.08. The van der Waals surface area contributed by atoms with Crippen LogP contribution in [0.3, 0.4) is 0 Å². The van der Waals surface area contributed by atoms with Crippen molar-refractivity contribution in [1.29, 1.82) is 5.26 Å². The van der Waals surface area contributed by atoms with Crippen LogP contribution in [0.2, 0.25) is 10.0 Å². The molecule has 0 fully saturated rings. The summed E-state index contributed by atoms with van der Waals surface area (Å²) in [4.78, 5) is 19.1. The fourth-order valence-electron chi connectivity index (χ4n) is 2.40. The molecule has 1 aromatic heterocycles. The maximum atomic E-state index is 12.3. The van der Waals surface area contributed by atoms with E-state index in [1.807, 2.05) is 6.07 Å². The molecule has 0 bridgehead atoms. The zero-order valence-corrected chi connectivity index (χ0v) is 14.9. The molecule has 0 saturated carbocycles. The Kier molecular flexibility index (Phi) is 4.85. The van der Waals surface area contributed by atoms with Gasteiger partial charge in [-0.2, -0.15) is 5.26 Å². The Morgan fingerprint density at radius 1 is 1.27 bits per heavy atom. The van der Waals surface area contributed by atoms with Crippen molar-refractivity contribution in [1.82, 2.24) is 9.97 Å². The maximum absolute atomic E-state index is 12.3. The zero-order valence-electron chi connectivity index (χ0n) is 13.4. The van der Waals surface area contributed by atoms with Crippen molar-refractivity contribution in [2.24, 2.45) is 0 Å². The second-order valence-corrected chi connectivity index (χ2v) is 6.10. The molecule has 26 heavy (non-hydrogen) atoms. The largest absolute Gasteiger partial charge is 0.506 e. The minimum atomic E-state index is -0.449. The van der Waals surface area contributed by atoms with Gasteiger partial charge in [-0.15, -0.1) is 0 Å². The SMILES string of the molecule is COc1ccc2c(=O)[nH]c(C(C#N)=C(O)c3ccc(Cl)cc3Cl)nc2c1. The van der Waals surface area contributed by atoms with E-state index in [0.717, 1.165) is 0 Å². The van der Waals surface area contributed by atoms with E-state index in [9.17, 15) is 15.2 Å². The molecule has 6 nitrogen and oxygen atoms in total. The van der Waals surface area contributed by atoms with Gasteiger partial charge in [-0.05, 0) is 30.3 Å². The van der Waals surface area contributed by atoms with Gasteiger partial charge in [0.05, 0.1) is 23.0 Å². The van der Waals surface area contributed by atoms with Gasteiger partial charge < -0.3 is 14.8 Å². The maximum Gasteiger partial charge on any atom is 0.259 e. The summed E-state index contributed by atoms with van der Waals surface area (Å²) in [7, 11) is 1.49. The lowest BCUT2D eigenvalue weighted by atomic mass is 10.1. The molecule has 3 rings (SSSR count). The van der Waals surface area contributed by atoms with Crippen molar-refractivity contribution in [3.8, 4) is 11.8 Å². The van der Waals surface area contributed by atoms with Gasteiger partial charge in [-0.25, -0.2) is 4.98 Å². The standard InChI is InChI=1S/C18H11Cl2N3O3/c1-26-10-3-5-12-15(7-10)22-17(23-18(12)25)13(8-21)16(24)11-4-2-9(19)6-14(11)20/h2-7,24H,1H3,(H,22,23,25). The van der Waals surface area contributed by atoms with Crippen molar-refractivity contribution in [2.75, 3.05) is 7.11 Å². The molecule has 0 spiro atoms. The Morgan fingerprint density at radius 2 is 2.04 bits per heavy atom. The number of fused-ring (bicyclic) bond motifs is 1. The van der Waals surface area contributed by atoms with Gasteiger partial charge in [0.15, 0.2) is 5.82 Å². The molecule has 8 heteroatoms. The second-order valence-electron chi connectivity index (χ2n) is 5.26. The number of methoxy groups -OCH3 is 1. The third kappa shape index (κ3) is 3.23. The summed E-state index contributed by atoms with van der Waals surface area (Å²) in [6.07, 6.45) is 0. The number of aliphatic hydroxyl groups excluding tert-OH is 1. The number of benzene rings is 2. The number of aliphatic hydroxyl groups is 1. The van der Waals surface area contributed by atoms with E-state index in [2.05, 4.69) is 9.97 Å². The highest BCUT2D eigenvalue weighted by Crippen LogP contribution is 2.30. The Morgan fingerprint density at radius 3 is 2.69 bits per heavy atom. The summed E-state index contributed by atoms with van der Waals surface area (Å²) >= 11 is 11.9. The first-order chi connectivity index (χ1) is 12.4. The highest BCUT2D eigenvalue weighted by molar-refractivity contribution is 6.35. The number of nitriles is 1. The van der Waals surface area contributed by atoms with Crippen molar-refractivity contribution in [3.05, 3.63) is 68.2 Å². The van der Waals surface area contributed by atoms with Gasteiger partial charge in [-0.3, -0.25) is 4.79 Å². The van der Waals surface area contributed by atoms with Gasteiger partial charge >= 0.3 is 0 Å². The van der Waals surface area contributed by atoms with Gasteiger partial charge in [0.1, 0.15) is 23.2 Å². The minimum absolute atomic E-state index is 0.0817. The number of halogens is 2. The monoisotopic (exact) mass is 387 g/mol. The summed E-state index contributed by atoms with van der Waals surface area (Å²) in [5, 5.41) is 20.9. The third-order valence-electron chi connectivity index (χ3n) is 3.69. The van der Waals surface area contributed by atoms with Gasteiger partial charge in [0.25, 0.3) is 5.56 Å². The first-order valence-electron chi connectivity index (χ1n) is 7.31. The number of ether oxygens (including phenoxy) is 1. The molecule has 2 N–H and O–H groups in total. The molecule has 0 atom stereocenters. The molecule has 2 aromatic carbocycles. The molecule has 0 saturated heterocycles. The topological polar surface area (TPSA) is 99.0 Å². The quantitative estimate of drug-likeness (QED) is 0.518. The third-order valence-corrected chi connectivity index (χ3v) is 4.23. The van der Waals surface area contributed by atoms with Crippen LogP contribution in [-0.2, 0) is 0 Å². The first kappa shape index (κ1) is 17.8. The Bertz CT molecular complexity index is 1150. The summed E-state index contributed by atoms with van der Waals surface area (Å²) in [5.74, 6) is 0.00957. The van der Waals surface area contributed by atoms with E-state index in [4.69, 9.17) is 27.9 Å². The molecule has 130 valence electrons. The van der Waals surface area contributed by atoms with E-state index >= 15 is 0 Å². The van der Waals surface area contributed by atoms with E-state index in [-0.39, 0.29) is 22.0 Å². The number of nitrogens with zero attached hydrogens (tertiary/aromatic N) is 2. The number of nitrogens with one attached hydrogen (secondary N) is 1. The summed E-state index contributed by atoms with van der Waals surface area (Å²) in [6.45, 7) is 0. The number of aromatic amines is 1. The molecular weight excluding hydrogens is 377 g/mol. The van der Waals surface area contributed by atoms with Crippen LogP contribution in [0.4, 0.5) is 0 Å². The number of hydrogen-bond acceptors (Lipinski definition) is 5. The van der Waals surface area contributed by atoms with E-state index in [1.54, 1.807) is 18.2 Å². The number of hydrogen-bond donors (Lipinski definition) is 2. The van der Waals surface area contributed by atoms with Gasteiger partial charge in [-0.1, -0.05) is 23.2 Å². The highest BCUT2D eigenvalue weighted by atomic mass is 35.5. The predicted octanol–water partition coefficient (Wildman–Crippen LogP) is 4.19. The fourth-order valence-corrected chi connectivity index (χ4v) is 2.90. The summed E-state index contributed by atoms with van der Waals surface area (Å²) in [5.41, 5.74) is -0.154. The number of aromatic nitrogens is 2. The Balaban J connectivity index is 2.25. The average molecular weight is 388 g/mol. The molecular formula is C18H11Cl2N3O3. The van der Waals surface area contributed by atoms with Crippen LogP contribution in [0.15, 0.2) is 41.2 Å². The Labute approximate surface area is 157 Å². The van der Waals surface area contributed by atoms with Crippen LogP contribution in [0, 0.1) is 11.3 Å². The predicted molar refractivity (Wildman–Crippen MR) is 100 cm³/mol. The lowest BCUT2D eigenvalue weighted by Crippen LogP contribution is -2.12. The van der Waals surface area contributed by atoms with Crippen molar-refractivity contribution in [2.45, 2.75) is 0 Å². The Hall–Kier alpha value is -3.01. The lowest BCUT2D eigenvalue weighted by molar-refractivity contribution is 0.415. The zero-order chi connectivity index (χ0) is 18.8. The minimum Gasteiger partial charge on any atom is -0.506 e. The summed E-state index contributed by atoms with van der Waals surface area (Å²) < 4.78 is 5.12. The molecule has 0 amide bonds. The molecule has 3 aromatic rings. The van der Waals surface area contributed by atoms with Crippen molar-refractivity contribution in [3.63, 3.8) is 0 Å². The number of allylic oxidation sites excluding steroid dienone is 1. The first-order valence-corrected chi connectivity index (χ1v) is 8.07. The number of rotatable bonds is 3. The van der Waals surface area contributed by atoms with Gasteiger partial charge in [0, 0.05) is 16.7 Å². The van der Waals surface area contributed by atoms with Crippen LogP contribution in [0.1, 0.15) is 11.4 Å². The molecule has 1 heterocycles. The smallest absolute Gasteiger partial charge is 0.259 e. The molecule has 0 unspecified atom stereocenters. The van der Waals surface area contributed by atoms with Crippen LogP contribution in [0.5, 0.6) is 5.75 Å². The molecule has 0 aliphatic rings. The highest BCUT2D eigenvalue weighted by Gasteiger charge is 2.17. The number of H-pyrrole nitrogens is 1. The summed E-state index contributed by atoms with van der Waals surface area (Å²) in [6, 6.07) is 11.0. The molecule has 0 aliphatic carbocycles. The van der Waals surface area contributed by atoms with Crippen LogP contribution < -0.4 is 10.3 Å². The normalized spacial score (nSPS) is 11.8.